The second kappa shape index (κ2) is 7.49. The minimum atomic E-state index is -0.647. The molecule has 0 aliphatic carbocycles. The third kappa shape index (κ3) is 4.06. The van der Waals surface area contributed by atoms with Crippen LogP contribution in [0, 0.1) is 20.8 Å². The predicted molar refractivity (Wildman–Crippen MR) is 100 cm³/mol. The average Bonchev–Trinajstić information content (AvgIpc) is 2.59. The van der Waals surface area contributed by atoms with Gasteiger partial charge in [0.2, 0.25) is 0 Å². The van der Waals surface area contributed by atoms with Gasteiger partial charge in [0.25, 0.3) is 0 Å². The number of aliphatic hydroxyl groups excluding tert-OH is 1. The lowest BCUT2D eigenvalue weighted by molar-refractivity contribution is 0.116. The lowest BCUT2D eigenvalue weighted by Crippen LogP contribution is -2.27. The molecule has 2 aromatic carbocycles. The minimum absolute atomic E-state index is 0.221. The van der Waals surface area contributed by atoms with E-state index in [-0.39, 0.29) is 6.61 Å². The van der Waals surface area contributed by atoms with Gasteiger partial charge in [0, 0.05) is 6.54 Å². The van der Waals surface area contributed by atoms with Crippen molar-refractivity contribution in [3.63, 3.8) is 0 Å². The largest absolute Gasteiger partial charge is 0.490 e. The quantitative estimate of drug-likeness (QED) is 0.721. The van der Waals surface area contributed by atoms with Gasteiger partial charge in [-0.1, -0.05) is 30.3 Å². The molecule has 3 aromatic rings. The fourth-order valence-electron chi connectivity index (χ4n) is 2.74. The van der Waals surface area contributed by atoms with E-state index in [0.717, 1.165) is 33.6 Å². The highest BCUT2D eigenvalue weighted by Gasteiger charge is 2.10. The maximum absolute atomic E-state index is 10.2. The molecule has 1 unspecified atom stereocenters. The predicted octanol–water partition coefficient (Wildman–Crippen LogP) is 3.41. The summed E-state index contributed by atoms with van der Waals surface area (Å²) in [6, 6.07) is 13.7. The van der Waals surface area contributed by atoms with Crippen molar-refractivity contribution in [2.45, 2.75) is 26.9 Å². The Hall–Kier alpha value is -2.66. The summed E-state index contributed by atoms with van der Waals surface area (Å²) in [5.41, 5.74) is 4.63. The molecule has 0 aliphatic heterocycles. The highest BCUT2D eigenvalue weighted by molar-refractivity contribution is 5.76. The number of aromatic nitrogens is 2. The van der Waals surface area contributed by atoms with Gasteiger partial charge < -0.3 is 15.2 Å². The number of aryl methyl sites for hydroxylation is 3. The van der Waals surface area contributed by atoms with E-state index in [1.54, 1.807) is 0 Å². The van der Waals surface area contributed by atoms with Crippen LogP contribution in [0.1, 0.15) is 16.8 Å². The first-order valence-electron chi connectivity index (χ1n) is 8.39. The summed E-state index contributed by atoms with van der Waals surface area (Å²) < 4.78 is 5.79. The van der Waals surface area contributed by atoms with Crippen LogP contribution >= 0.6 is 0 Å². The maximum Gasteiger partial charge on any atom is 0.148 e. The van der Waals surface area contributed by atoms with Crippen LogP contribution in [0.25, 0.3) is 11.0 Å². The first-order valence-corrected chi connectivity index (χ1v) is 8.39. The van der Waals surface area contributed by atoms with Gasteiger partial charge in [-0.05, 0) is 44.0 Å². The number of hydrogen-bond acceptors (Lipinski definition) is 5. The van der Waals surface area contributed by atoms with Gasteiger partial charge in [0.15, 0.2) is 0 Å². The standard InChI is InChI=1S/C20H23N3O2/c1-13-7-6-8-14(2)19(13)25-12-16(24)11-21-20-15(3)22-17-9-4-5-10-18(17)23-20/h4-10,16,24H,11-12H2,1-3H3,(H,21,23). The van der Waals surface area contributed by atoms with Gasteiger partial charge in [-0.25, -0.2) is 9.97 Å². The van der Waals surface area contributed by atoms with Gasteiger partial charge in [0.1, 0.15) is 24.3 Å². The van der Waals surface area contributed by atoms with Crippen molar-refractivity contribution in [1.29, 1.82) is 0 Å². The van der Waals surface area contributed by atoms with E-state index < -0.39 is 6.10 Å². The van der Waals surface area contributed by atoms with Crippen molar-refractivity contribution >= 4 is 16.9 Å². The third-order valence-electron chi connectivity index (χ3n) is 4.08. The monoisotopic (exact) mass is 337 g/mol. The minimum Gasteiger partial charge on any atom is -0.490 e. The van der Waals surface area contributed by atoms with E-state index in [9.17, 15) is 5.11 Å². The molecule has 0 fully saturated rings. The lowest BCUT2D eigenvalue weighted by atomic mass is 10.1. The fraction of sp³-hybridized carbons (Fsp3) is 0.300. The Balaban J connectivity index is 1.61. The number of anilines is 1. The Morgan fingerprint density at radius 1 is 0.960 bits per heavy atom. The van der Waals surface area contributed by atoms with Gasteiger partial charge in [0.05, 0.1) is 16.7 Å². The first-order chi connectivity index (χ1) is 12.0. The molecule has 25 heavy (non-hydrogen) atoms. The van der Waals surface area contributed by atoms with Crippen molar-refractivity contribution in [3.05, 3.63) is 59.3 Å². The number of para-hydroxylation sites is 3. The molecular formula is C20H23N3O2. The summed E-state index contributed by atoms with van der Waals surface area (Å²) in [5.74, 6) is 1.52. The van der Waals surface area contributed by atoms with Gasteiger partial charge >= 0.3 is 0 Å². The number of fused-ring (bicyclic) bond motifs is 1. The second-order valence-electron chi connectivity index (χ2n) is 6.21. The molecule has 1 atom stereocenters. The molecule has 3 rings (SSSR count). The Bertz CT molecular complexity index is 860. The summed E-state index contributed by atoms with van der Waals surface area (Å²) in [6.45, 7) is 6.47. The van der Waals surface area contributed by atoms with E-state index in [2.05, 4.69) is 15.3 Å². The van der Waals surface area contributed by atoms with Crippen LogP contribution in [0.3, 0.4) is 0 Å². The fourth-order valence-corrected chi connectivity index (χ4v) is 2.74. The number of ether oxygens (including phenoxy) is 1. The summed E-state index contributed by atoms with van der Waals surface area (Å²) >= 11 is 0. The highest BCUT2D eigenvalue weighted by atomic mass is 16.5. The van der Waals surface area contributed by atoms with E-state index in [1.807, 2.05) is 63.2 Å². The number of nitrogens with one attached hydrogen (secondary N) is 1. The normalized spacial score (nSPS) is 12.2. The van der Waals surface area contributed by atoms with Crippen LogP contribution in [0.5, 0.6) is 5.75 Å². The molecule has 0 spiro atoms. The van der Waals surface area contributed by atoms with Crippen molar-refractivity contribution in [2.75, 3.05) is 18.5 Å². The maximum atomic E-state index is 10.2. The van der Waals surface area contributed by atoms with Gasteiger partial charge in [-0.15, -0.1) is 0 Å². The molecule has 2 N–H and O–H groups in total. The number of rotatable bonds is 6. The average molecular weight is 337 g/mol. The molecule has 0 bridgehead atoms. The van der Waals surface area contributed by atoms with Crippen LogP contribution < -0.4 is 10.1 Å². The number of nitrogens with zero attached hydrogens (tertiary/aromatic N) is 2. The van der Waals surface area contributed by atoms with Crippen LogP contribution in [0.2, 0.25) is 0 Å². The smallest absolute Gasteiger partial charge is 0.148 e. The van der Waals surface area contributed by atoms with Crippen molar-refractivity contribution in [2.24, 2.45) is 0 Å². The number of hydrogen-bond donors (Lipinski definition) is 2. The SMILES string of the molecule is Cc1cccc(C)c1OCC(O)CNc1nc2ccccc2nc1C. The Kier molecular flexibility index (Phi) is 5.14. The number of aliphatic hydroxyl groups is 1. The summed E-state index contributed by atoms with van der Waals surface area (Å²) in [7, 11) is 0. The van der Waals surface area contributed by atoms with Gasteiger partial charge in [-0.2, -0.15) is 0 Å². The summed E-state index contributed by atoms with van der Waals surface area (Å²) in [5, 5.41) is 13.4. The van der Waals surface area contributed by atoms with Crippen LogP contribution in [-0.4, -0.2) is 34.3 Å². The van der Waals surface area contributed by atoms with Crippen molar-refractivity contribution in [3.8, 4) is 5.75 Å². The van der Waals surface area contributed by atoms with Crippen LogP contribution in [0.15, 0.2) is 42.5 Å². The molecule has 1 heterocycles. The zero-order valence-electron chi connectivity index (χ0n) is 14.8. The zero-order valence-corrected chi connectivity index (χ0v) is 14.8. The van der Waals surface area contributed by atoms with Crippen molar-refractivity contribution < 1.29 is 9.84 Å². The highest BCUT2D eigenvalue weighted by Crippen LogP contribution is 2.22. The molecule has 0 saturated heterocycles. The Morgan fingerprint density at radius 3 is 2.28 bits per heavy atom. The van der Waals surface area contributed by atoms with E-state index in [4.69, 9.17) is 4.74 Å². The Labute approximate surface area is 147 Å². The molecule has 5 nitrogen and oxygen atoms in total. The lowest BCUT2D eigenvalue weighted by Gasteiger charge is -2.17. The summed E-state index contributed by atoms with van der Waals surface area (Å²) in [6.07, 6.45) is -0.647. The van der Waals surface area contributed by atoms with Crippen LogP contribution in [-0.2, 0) is 0 Å². The van der Waals surface area contributed by atoms with Crippen molar-refractivity contribution in [1.82, 2.24) is 9.97 Å². The molecule has 0 radical (unpaired) electrons. The second-order valence-corrected chi connectivity index (χ2v) is 6.21. The zero-order chi connectivity index (χ0) is 17.8. The van der Waals surface area contributed by atoms with E-state index in [0.29, 0.717) is 12.4 Å². The molecule has 5 heteroatoms. The molecule has 0 saturated carbocycles. The summed E-state index contributed by atoms with van der Waals surface area (Å²) in [4.78, 5) is 9.10. The van der Waals surface area contributed by atoms with Gasteiger partial charge in [-0.3, -0.25) is 0 Å². The molecule has 1 aromatic heterocycles. The van der Waals surface area contributed by atoms with Crippen LogP contribution in [0.4, 0.5) is 5.82 Å². The third-order valence-corrected chi connectivity index (χ3v) is 4.08. The molecule has 130 valence electrons. The Morgan fingerprint density at radius 2 is 1.60 bits per heavy atom. The first kappa shape index (κ1) is 17.2. The van der Waals surface area contributed by atoms with E-state index >= 15 is 0 Å². The molecule has 0 amide bonds. The topological polar surface area (TPSA) is 67.3 Å². The molecule has 0 aliphatic rings. The number of benzene rings is 2. The molecular weight excluding hydrogens is 314 g/mol. The van der Waals surface area contributed by atoms with E-state index in [1.165, 1.54) is 0 Å².